The quantitative estimate of drug-likeness (QED) is 0.189. The molecular formula is C29H23BrO4. The van der Waals surface area contributed by atoms with E-state index in [4.69, 9.17) is 9.47 Å². The lowest BCUT2D eigenvalue weighted by molar-refractivity contribution is 0.104. The first-order chi connectivity index (χ1) is 16.6. The van der Waals surface area contributed by atoms with Gasteiger partial charge in [0.2, 0.25) is 5.75 Å². The molecule has 5 heteroatoms. The van der Waals surface area contributed by atoms with Gasteiger partial charge in [-0.3, -0.25) is 4.79 Å². The van der Waals surface area contributed by atoms with Gasteiger partial charge in [-0.2, -0.15) is 0 Å². The predicted octanol–water partition coefficient (Wildman–Crippen LogP) is 7.21. The number of phenols is 1. The fraction of sp³-hybridized carbons (Fsp3) is 0.0690. The molecule has 4 aromatic carbocycles. The number of benzene rings is 4. The Hall–Kier alpha value is -3.83. The lowest BCUT2D eigenvalue weighted by Gasteiger charge is -2.16. The molecule has 4 nitrogen and oxygen atoms in total. The van der Waals surface area contributed by atoms with Gasteiger partial charge in [-0.25, -0.2) is 0 Å². The molecule has 4 rings (SSSR count). The minimum atomic E-state index is -0.334. The molecule has 0 aliphatic rings. The molecule has 0 aliphatic carbocycles. The van der Waals surface area contributed by atoms with E-state index in [-0.39, 0.29) is 29.5 Å². The summed E-state index contributed by atoms with van der Waals surface area (Å²) < 4.78 is 12.9. The Kier molecular flexibility index (Phi) is 7.79. The third-order valence-electron chi connectivity index (χ3n) is 5.12. The van der Waals surface area contributed by atoms with Crippen LogP contribution in [0, 0.1) is 0 Å². The van der Waals surface area contributed by atoms with Crippen molar-refractivity contribution < 1.29 is 19.4 Å². The summed E-state index contributed by atoms with van der Waals surface area (Å²) >= 11 is 3.40. The number of phenolic OH excluding ortho intramolecular Hbond substituents is 1. The number of rotatable bonds is 9. The average Bonchev–Trinajstić information content (AvgIpc) is 2.87. The highest BCUT2D eigenvalue weighted by Gasteiger charge is 2.19. The molecule has 0 unspecified atom stereocenters. The van der Waals surface area contributed by atoms with Crippen LogP contribution in [-0.2, 0) is 13.2 Å². The van der Waals surface area contributed by atoms with Gasteiger partial charge in [-0.15, -0.1) is 0 Å². The van der Waals surface area contributed by atoms with E-state index in [9.17, 15) is 9.90 Å². The molecule has 34 heavy (non-hydrogen) atoms. The third kappa shape index (κ3) is 6.15. The second-order valence-corrected chi connectivity index (χ2v) is 8.50. The van der Waals surface area contributed by atoms with Crippen molar-refractivity contribution in [2.24, 2.45) is 0 Å². The van der Waals surface area contributed by atoms with Gasteiger partial charge >= 0.3 is 0 Å². The van der Waals surface area contributed by atoms with Crippen molar-refractivity contribution in [3.63, 3.8) is 0 Å². The Morgan fingerprint density at radius 2 is 1.35 bits per heavy atom. The van der Waals surface area contributed by atoms with Crippen LogP contribution in [0.3, 0.4) is 0 Å². The van der Waals surface area contributed by atoms with Gasteiger partial charge in [0.05, 0.1) is 5.56 Å². The highest BCUT2D eigenvalue weighted by Crippen LogP contribution is 2.40. The summed E-state index contributed by atoms with van der Waals surface area (Å²) in [6.07, 6.45) is 3.14. The van der Waals surface area contributed by atoms with Crippen LogP contribution in [0.25, 0.3) is 6.08 Å². The highest BCUT2D eigenvalue weighted by molar-refractivity contribution is 9.10. The molecule has 0 aliphatic heterocycles. The van der Waals surface area contributed by atoms with E-state index in [0.717, 1.165) is 21.2 Å². The van der Waals surface area contributed by atoms with Crippen molar-refractivity contribution in [2.45, 2.75) is 13.2 Å². The summed E-state index contributed by atoms with van der Waals surface area (Å²) in [6, 6.07) is 30.1. The van der Waals surface area contributed by atoms with Crippen molar-refractivity contribution in [3.8, 4) is 17.2 Å². The van der Waals surface area contributed by atoms with Crippen LogP contribution in [0.15, 0.2) is 108 Å². The number of carbonyl (C=O) groups excluding carboxylic acids is 1. The minimum Gasteiger partial charge on any atom is -0.504 e. The molecule has 0 fully saturated rings. The Labute approximate surface area is 207 Å². The number of hydrogen-bond donors (Lipinski definition) is 1. The normalized spacial score (nSPS) is 10.9. The summed E-state index contributed by atoms with van der Waals surface area (Å²) in [5.74, 6) is -0.0695. The topological polar surface area (TPSA) is 55.8 Å². The van der Waals surface area contributed by atoms with Gasteiger partial charge in [-0.1, -0.05) is 94.8 Å². The lowest BCUT2D eigenvalue weighted by Crippen LogP contribution is -2.04. The van der Waals surface area contributed by atoms with Crippen molar-refractivity contribution in [1.82, 2.24) is 0 Å². The van der Waals surface area contributed by atoms with Crippen LogP contribution < -0.4 is 9.47 Å². The molecule has 0 saturated carbocycles. The van der Waals surface area contributed by atoms with E-state index in [0.29, 0.717) is 12.4 Å². The van der Waals surface area contributed by atoms with Gasteiger partial charge in [0.25, 0.3) is 0 Å². The zero-order chi connectivity index (χ0) is 23.8. The molecule has 0 heterocycles. The van der Waals surface area contributed by atoms with E-state index in [1.807, 2.05) is 84.9 Å². The molecule has 1 N–H and O–H groups in total. The summed E-state index contributed by atoms with van der Waals surface area (Å²) in [7, 11) is 0. The van der Waals surface area contributed by atoms with E-state index in [1.165, 1.54) is 6.08 Å². The second kappa shape index (κ2) is 11.3. The van der Waals surface area contributed by atoms with E-state index >= 15 is 0 Å². The Bertz CT molecular complexity index is 1270. The van der Waals surface area contributed by atoms with Crippen molar-refractivity contribution in [2.75, 3.05) is 0 Å². The first kappa shape index (κ1) is 23.3. The Morgan fingerprint density at radius 1 is 0.765 bits per heavy atom. The summed E-state index contributed by atoms with van der Waals surface area (Å²) in [5, 5.41) is 11.0. The molecular weight excluding hydrogens is 492 g/mol. The Morgan fingerprint density at radius 3 is 1.97 bits per heavy atom. The molecule has 0 bridgehead atoms. The second-order valence-electron chi connectivity index (χ2n) is 7.59. The largest absolute Gasteiger partial charge is 0.504 e. The number of hydrogen-bond acceptors (Lipinski definition) is 4. The fourth-order valence-electron chi connectivity index (χ4n) is 3.31. The lowest BCUT2D eigenvalue weighted by atomic mass is 10.1. The van der Waals surface area contributed by atoms with Crippen molar-refractivity contribution in [1.29, 1.82) is 0 Å². The minimum absolute atomic E-state index is 0.141. The smallest absolute Gasteiger partial charge is 0.204 e. The monoisotopic (exact) mass is 514 g/mol. The van der Waals surface area contributed by atoms with Crippen LogP contribution in [0.2, 0.25) is 0 Å². The van der Waals surface area contributed by atoms with Gasteiger partial charge < -0.3 is 14.6 Å². The first-order valence-electron chi connectivity index (χ1n) is 10.8. The SMILES string of the molecule is O=C(/C=C\c1ccc(Br)cc1)c1ccc(OCc2ccccc2)c(OCc2ccccc2)c1O. The number of halogens is 1. The predicted molar refractivity (Wildman–Crippen MR) is 137 cm³/mol. The van der Waals surface area contributed by atoms with Crippen LogP contribution in [0.4, 0.5) is 0 Å². The molecule has 0 radical (unpaired) electrons. The zero-order valence-electron chi connectivity index (χ0n) is 18.4. The molecule has 170 valence electrons. The van der Waals surface area contributed by atoms with Crippen LogP contribution >= 0.6 is 15.9 Å². The van der Waals surface area contributed by atoms with E-state index in [1.54, 1.807) is 18.2 Å². The molecule has 0 saturated heterocycles. The van der Waals surface area contributed by atoms with E-state index < -0.39 is 0 Å². The summed E-state index contributed by atoms with van der Waals surface area (Å²) in [4.78, 5) is 12.9. The van der Waals surface area contributed by atoms with Crippen LogP contribution in [0.5, 0.6) is 17.2 Å². The molecule has 0 amide bonds. The van der Waals surface area contributed by atoms with Gasteiger partial charge in [0.1, 0.15) is 13.2 Å². The molecule has 0 aromatic heterocycles. The number of carbonyl (C=O) groups is 1. The number of ketones is 1. The van der Waals surface area contributed by atoms with Crippen LogP contribution in [0.1, 0.15) is 27.0 Å². The maximum Gasteiger partial charge on any atom is 0.204 e. The van der Waals surface area contributed by atoms with Crippen LogP contribution in [-0.4, -0.2) is 10.9 Å². The van der Waals surface area contributed by atoms with Crippen molar-refractivity contribution in [3.05, 3.63) is 130 Å². The maximum absolute atomic E-state index is 12.9. The number of ether oxygens (including phenoxy) is 2. The molecule has 0 spiro atoms. The summed E-state index contributed by atoms with van der Waals surface area (Å²) in [6.45, 7) is 0.529. The highest BCUT2D eigenvalue weighted by atomic mass is 79.9. The average molecular weight is 515 g/mol. The molecule has 4 aromatic rings. The Balaban J connectivity index is 1.59. The number of allylic oxidation sites excluding steroid dienone is 1. The molecule has 0 atom stereocenters. The maximum atomic E-state index is 12.9. The van der Waals surface area contributed by atoms with Gasteiger partial charge in [0.15, 0.2) is 17.3 Å². The van der Waals surface area contributed by atoms with E-state index in [2.05, 4.69) is 15.9 Å². The third-order valence-corrected chi connectivity index (χ3v) is 5.65. The zero-order valence-corrected chi connectivity index (χ0v) is 19.9. The standard InChI is InChI=1S/C29H23BrO4/c30-24-14-11-21(12-15-24)13-17-26(31)25-16-18-27(33-19-22-7-3-1-4-8-22)29(28(25)32)34-20-23-9-5-2-6-10-23/h1-18,32H,19-20H2/b17-13-. The van der Waals surface area contributed by atoms with Gasteiger partial charge in [0, 0.05) is 4.47 Å². The summed E-state index contributed by atoms with van der Waals surface area (Å²) in [5.41, 5.74) is 2.93. The van der Waals surface area contributed by atoms with Crippen molar-refractivity contribution >= 4 is 27.8 Å². The van der Waals surface area contributed by atoms with Gasteiger partial charge in [-0.05, 0) is 47.0 Å². The number of aromatic hydroxyl groups is 1. The first-order valence-corrected chi connectivity index (χ1v) is 11.6. The fourth-order valence-corrected chi connectivity index (χ4v) is 3.57.